The van der Waals surface area contributed by atoms with Crippen LogP contribution in [0.4, 0.5) is 4.79 Å². The number of nitrogens with two attached hydrogens (primary N) is 1. The zero-order valence-electron chi connectivity index (χ0n) is 12.6. The average Bonchev–Trinajstić information content (AvgIpc) is 3.07. The van der Waals surface area contributed by atoms with Crippen LogP contribution in [0.15, 0.2) is 5.16 Å². The van der Waals surface area contributed by atoms with Crippen molar-refractivity contribution in [1.29, 1.82) is 0 Å². The molecule has 22 heavy (non-hydrogen) atoms. The van der Waals surface area contributed by atoms with Crippen LogP contribution in [-0.4, -0.2) is 50.1 Å². The Kier molecular flexibility index (Phi) is 5.72. The first kappa shape index (κ1) is 16.7. The zero-order valence-corrected chi connectivity index (χ0v) is 13.4. The van der Waals surface area contributed by atoms with Crippen LogP contribution in [0.1, 0.15) is 26.7 Å². The van der Waals surface area contributed by atoms with Crippen molar-refractivity contribution >= 4 is 23.7 Å². The Morgan fingerprint density at radius 3 is 2.91 bits per heavy atom. The van der Waals surface area contributed by atoms with Gasteiger partial charge in [0.1, 0.15) is 0 Å². The van der Waals surface area contributed by atoms with Gasteiger partial charge in [-0.15, -0.1) is 5.10 Å². The molecule has 3 amide bonds. The van der Waals surface area contributed by atoms with Crippen molar-refractivity contribution in [3.05, 3.63) is 0 Å². The van der Waals surface area contributed by atoms with Gasteiger partial charge >= 0.3 is 6.03 Å². The van der Waals surface area contributed by atoms with Crippen molar-refractivity contribution in [3.8, 4) is 0 Å². The van der Waals surface area contributed by atoms with E-state index in [1.54, 1.807) is 4.68 Å². The maximum atomic E-state index is 12.0. The van der Waals surface area contributed by atoms with Crippen LogP contribution in [0.2, 0.25) is 0 Å². The van der Waals surface area contributed by atoms with E-state index in [0.29, 0.717) is 11.7 Å². The third-order valence-electron chi connectivity index (χ3n) is 3.24. The lowest BCUT2D eigenvalue weighted by molar-refractivity contribution is -0.120. The maximum absolute atomic E-state index is 12.0. The molecule has 1 aromatic rings. The topological polar surface area (TPSA) is 125 Å². The number of carbonyl (C=O) groups is 2. The van der Waals surface area contributed by atoms with Gasteiger partial charge in [0.25, 0.3) is 0 Å². The van der Waals surface area contributed by atoms with Gasteiger partial charge in [-0.05, 0) is 29.2 Å². The molecule has 2 heterocycles. The van der Waals surface area contributed by atoms with Crippen LogP contribution < -0.4 is 11.1 Å². The van der Waals surface area contributed by atoms with Crippen LogP contribution in [0.3, 0.4) is 0 Å². The summed E-state index contributed by atoms with van der Waals surface area (Å²) in [6.07, 6.45) is 2.10. The zero-order chi connectivity index (χ0) is 16.1. The number of carbonyl (C=O) groups excluding carboxylic acids is 2. The Bertz CT molecular complexity index is 529. The molecule has 1 aromatic heterocycles. The lowest BCUT2D eigenvalue weighted by atomic mass is 10.1. The van der Waals surface area contributed by atoms with Crippen molar-refractivity contribution in [2.75, 3.05) is 6.61 Å². The van der Waals surface area contributed by atoms with Crippen LogP contribution >= 0.6 is 11.8 Å². The highest BCUT2D eigenvalue weighted by Gasteiger charge is 2.28. The fourth-order valence-corrected chi connectivity index (χ4v) is 3.16. The number of nitrogens with one attached hydrogen (secondary N) is 1. The second-order valence-corrected chi connectivity index (χ2v) is 6.52. The Morgan fingerprint density at radius 1 is 1.55 bits per heavy atom. The number of imide groups is 1. The highest BCUT2D eigenvalue weighted by Crippen LogP contribution is 2.27. The Labute approximate surface area is 132 Å². The molecule has 1 aliphatic heterocycles. The number of aromatic nitrogens is 4. The first-order chi connectivity index (χ1) is 10.5. The summed E-state index contributed by atoms with van der Waals surface area (Å²) in [5.41, 5.74) is 5.00. The summed E-state index contributed by atoms with van der Waals surface area (Å²) in [6, 6.07) is -0.866. The minimum Gasteiger partial charge on any atom is -0.376 e. The van der Waals surface area contributed by atoms with Crippen molar-refractivity contribution in [2.45, 2.75) is 49.7 Å². The van der Waals surface area contributed by atoms with Gasteiger partial charge in [0.2, 0.25) is 11.1 Å². The number of hydrogen-bond donors (Lipinski definition) is 2. The highest BCUT2D eigenvalue weighted by molar-refractivity contribution is 8.00. The Balaban J connectivity index is 2.05. The molecule has 1 fully saturated rings. The van der Waals surface area contributed by atoms with Gasteiger partial charge in [0.15, 0.2) is 0 Å². The molecule has 2 rings (SSSR count). The maximum Gasteiger partial charge on any atom is 0.318 e. The van der Waals surface area contributed by atoms with Gasteiger partial charge in [-0.2, -0.15) is 0 Å². The van der Waals surface area contributed by atoms with Crippen molar-refractivity contribution in [3.63, 3.8) is 0 Å². The van der Waals surface area contributed by atoms with Gasteiger partial charge in [-0.25, -0.2) is 9.48 Å². The number of thioether (sulfide) groups is 1. The van der Waals surface area contributed by atoms with E-state index >= 15 is 0 Å². The summed E-state index contributed by atoms with van der Waals surface area (Å²) < 4.78 is 7.20. The van der Waals surface area contributed by atoms with Crippen LogP contribution in [0.5, 0.6) is 0 Å². The second-order valence-electron chi connectivity index (χ2n) is 5.41. The fourth-order valence-electron chi connectivity index (χ4n) is 2.18. The summed E-state index contributed by atoms with van der Waals surface area (Å²) in [5, 5.41) is 13.7. The molecule has 122 valence electrons. The summed E-state index contributed by atoms with van der Waals surface area (Å²) in [5.74, 6) is -0.462. The lowest BCUT2D eigenvalue weighted by Gasteiger charge is -2.18. The highest BCUT2D eigenvalue weighted by atomic mass is 32.2. The van der Waals surface area contributed by atoms with Crippen LogP contribution in [0.25, 0.3) is 0 Å². The lowest BCUT2D eigenvalue weighted by Crippen LogP contribution is -2.42. The minimum absolute atomic E-state index is 0.0165. The number of ether oxygens (including phenoxy) is 1. The molecule has 0 aromatic carbocycles. The van der Waals surface area contributed by atoms with Crippen molar-refractivity contribution < 1.29 is 14.3 Å². The van der Waals surface area contributed by atoms with Crippen LogP contribution in [-0.2, 0) is 16.1 Å². The van der Waals surface area contributed by atoms with Crippen LogP contribution in [0, 0.1) is 5.92 Å². The molecule has 0 spiro atoms. The van der Waals surface area contributed by atoms with E-state index in [-0.39, 0.29) is 12.0 Å². The summed E-state index contributed by atoms with van der Waals surface area (Å²) >= 11 is 1.22. The number of hydrogen-bond acceptors (Lipinski definition) is 7. The summed E-state index contributed by atoms with van der Waals surface area (Å²) in [4.78, 5) is 22.9. The average molecular weight is 328 g/mol. The number of amides is 3. The third kappa shape index (κ3) is 4.41. The number of urea groups is 1. The molecule has 1 saturated heterocycles. The first-order valence-electron chi connectivity index (χ1n) is 7.12. The molecule has 10 heteroatoms. The van der Waals surface area contributed by atoms with E-state index in [1.165, 1.54) is 11.8 Å². The molecule has 0 aliphatic carbocycles. The van der Waals surface area contributed by atoms with Gasteiger partial charge < -0.3 is 10.5 Å². The van der Waals surface area contributed by atoms with E-state index in [1.807, 2.05) is 13.8 Å². The number of rotatable bonds is 6. The Hall–Kier alpha value is -1.68. The van der Waals surface area contributed by atoms with Gasteiger partial charge in [0, 0.05) is 6.61 Å². The van der Waals surface area contributed by atoms with E-state index in [2.05, 4.69) is 20.8 Å². The summed E-state index contributed by atoms with van der Waals surface area (Å²) in [7, 11) is 0. The predicted molar refractivity (Wildman–Crippen MR) is 79.0 cm³/mol. The number of nitrogens with zero attached hydrogens (tertiary/aromatic N) is 4. The Morgan fingerprint density at radius 2 is 2.32 bits per heavy atom. The molecule has 0 saturated carbocycles. The molecule has 9 nitrogen and oxygen atoms in total. The normalized spacial score (nSPS) is 19.3. The fraction of sp³-hybridized carbons (Fsp3) is 0.750. The van der Waals surface area contributed by atoms with Gasteiger partial charge in [0.05, 0.1) is 17.9 Å². The standard InChI is InChI=1S/C12H20N6O3S/c1-7(2)9(10(19)14-11(13)20)22-12-15-16-17-18(12)6-8-4-3-5-21-8/h7-9H,3-6H2,1-2H3,(H3,13,14,19,20). The molecule has 2 unspecified atom stereocenters. The molecule has 3 N–H and O–H groups in total. The minimum atomic E-state index is -0.866. The van der Waals surface area contributed by atoms with Gasteiger partial charge in [-0.1, -0.05) is 25.6 Å². The van der Waals surface area contributed by atoms with Gasteiger partial charge in [-0.3, -0.25) is 10.1 Å². The van der Waals surface area contributed by atoms with E-state index in [4.69, 9.17) is 10.5 Å². The monoisotopic (exact) mass is 328 g/mol. The first-order valence-corrected chi connectivity index (χ1v) is 8.00. The molecule has 2 atom stereocenters. The van der Waals surface area contributed by atoms with E-state index < -0.39 is 17.2 Å². The van der Waals surface area contributed by atoms with Crippen molar-refractivity contribution in [2.24, 2.45) is 11.7 Å². The quantitative estimate of drug-likeness (QED) is 0.713. The van der Waals surface area contributed by atoms with E-state index in [0.717, 1.165) is 19.4 Å². The number of primary amides is 1. The molecular formula is C12H20N6O3S. The SMILES string of the molecule is CC(C)C(Sc1nnnn1CC1CCCO1)C(=O)NC(N)=O. The third-order valence-corrected chi connectivity index (χ3v) is 4.76. The predicted octanol–water partition coefficient (Wildman–Crippen LogP) is 0.164. The molecular weight excluding hydrogens is 308 g/mol. The second kappa shape index (κ2) is 7.54. The summed E-state index contributed by atoms with van der Waals surface area (Å²) in [6.45, 7) is 5.07. The van der Waals surface area contributed by atoms with Crippen molar-refractivity contribution in [1.82, 2.24) is 25.5 Å². The number of tetrazole rings is 1. The molecule has 1 aliphatic rings. The molecule has 0 bridgehead atoms. The van der Waals surface area contributed by atoms with E-state index in [9.17, 15) is 9.59 Å². The molecule has 0 radical (unpaired) electrons. The smallest absolute Gasteiger partial charge is 0.318 e. The largest absolute Gasteiger partial charge is 0.376 e.